The van der Waals surface area contributed by atoms with Gasteiger partial charge in [-0.2, -0.15) is 0 Å². The van der Waals surface area contributed by atoms with Gasteiger partial charge in [0.25, 0.3) is 0 Å². The minimum atomic E-state index is -1.25. The van der Waals surface area contributed by atoms with E-state index in [9.17, 15) is 10.2 Å². The van der Waals surface area contributed by atoms with Crippen molar-refractivity contribution in [3.05, 3.63) is 179 Å². The predicted octanol–water partition coefficient (Wildman–Crippen LogP) is 9.11. The van der Waals surface area contributed by atoms with E-state index < -0.39 is 11.2 Å². The van der Waals surface area contributed by atoms with Gasteiger partial charge in [-0.3, -0.25) is 0 Å². The van der Waals surface area contributed by atoms with Crippen molar-refractivity contribution in [3.63, 3.8) is 0 Å². The quantitative estimate of drug-likeness (QED) is 0.138. The topological polar surface area (TPSA) is 64.5 Å². The maximum Gasteiger partial charge on any atom is 0.141 e. The fourth-order valence-electron chi connectivity index (χ4n) is 7.39. The average molecular weight is 661 g/mol. The molecule has 2 aliphatic carbocycles. The number of nitrogens with one attached hydrogen (secondary N) is 2. The van der Waals surface area contributed by atoms with Gasteiger partial charge in [-0.05, 0) is 82.8 Å². The Morgan fingerprint density at radius 3 is 0.920 bits per heavy atom. The van der Waals surface area contributed by atoms with Gasteiger partial charge in [0.1, 0.15) is 11.2 Å². The molecule has 4 heteroatoms. The van der Waals surface area contributed by atoms with Crippen LogP contribution in [0.25, 0.3) is 33.4 Å². The van der Waals surface area contributed by atoms with E-state index in [0.717, 1.165) is 92.9 Å². The molecule has 0 fully saturated rings. The van der Waals surface area contributed by atoms with E-state index >= 15 is 0 Å². The maximum atomic E-state index is 12.4. The zero-order chi connectivity index (χ0) is 35.1. The summed E-state index contributed by atoms with van der Waals surface area (Å²) in [6.07, 6.45) is 0. The predicted molar refractivity (Wildman–Crippen MR) is 208 cm³/mol. The molecule has 0 radical (unpaired) electrons. The van der Waals surface area contributed by atoms with Crippen LogP contribution < -0.4 is 10.6 Å². The van der Waals surface area contributed by atoms with Crippen LogP contribution in [-0.4, -0.2) is 36.4 Å². The largest absolute Gasteiger partial charge is 0.376 e. The molecule has 0 amide bonds. The molecule has 0 saturated heterocycles. The number of hydrogen-bond acceptors (Lipinski definition) is 4. The highest BCUT2D eigenvalue weighted by Gasteiger charge is 2.44. The van der Waals surface area contributed by atoms with E-state index in [4.69, 9.17) is 0 Å². The number of fused-ring (bicyclic) bond motifs is 6. The Balaban J connectivity index is 0.000000383. The van der Waals surface area contributed by atoms with Crippen LogP contribution in [0.1, 0.15) is 61.1 Å². The van der Waals surface area contributed by atoms with E-state index in [0.29, 0.717) is 0 Å². The molecular formula is C46H48N2O2. The minimum Gasteiger partial charge on any atom is -0.376 e. The lowest BCUT2D eigenvalue weighted by atomic mass is 9.81. The van der Waals surface area contributed by atoms with Crippen molar-refractivity contribution in [2.75, 3.05) is 26.2 Å². The Morgan fingerprint density at radius 1 is 0.380 bits per heavy atom. The summed E-state index contributed by atoms with van der Waals surface area (Å²) in [4.78, 5) is 0. The molecule has 254 valence electrons. The first-order chi connectivity index (χ1) is 24.4. The van der Waals surface area contributed by atoms with Crippen LogP contribution in [0.3, 0.4) is 0 Å². The fourth-order valence-corrected chi connectivity index (χ4v) is 7.39. The Bertz CT molecular complexity index is 1820. The molecule has 0 aromatic heterocycles. The van der Waals surface area contributed by atoms with Crippen LogP contribution in [-0.2, 0) is 11.2 Å². The van der Waals surface area contributed by atoms with Crippen molar-refractivity contribution in [2.45, 2.75) is 38.9 Å². The van der Waals surface area contributed by atoms with Crippen molar-refractivity contribution in [1.29, 1.82) is 0 Å². The molecule has 4 nitrogen and oxygen atoms in total. The Morgan fingerprint density at radius 2 is 0.660 bits per heavy atom. The molecule has 0 heterocycles. The Labute approximate surface area is 297 Å². The van der Waals surface area contributed by atoms with Crippen molar-refractivity contribution >= 4 is 0 Å². The van der Waals surface area contributed by atoms with E-state index in [1.807, 2.05) is 97.1 Å². The standard InChI is InChI=1S/C38H26O2.2C4H11N/c39-37(33-19-5-1-15-29(33)30-16-2-6-20-34(30)37)27-13-9-11-25(23-27)26-12-10-14-28(24-26)38(40)35-21-7-3-17-31(35)32-18-4-8-22-36(32)38;2*1-3-5-4-2/h1-24,39-40H;2*5H,3-4H2,1-2H3. The average Bonchev–Trinajstić information content (AvgIpc) is 3.60. The molecule has 6 aromatic carbocycles. The third kappa shape index (κ3) is 6.21. The molecule has 0 bridgehead atoms. The zero-order valence-corrected chi connectivity index (χ0v) is 29.6. The molecule has 4 N–H and O–H groups in total. The van der Waals surface area contributed by atoms with Crippen molar-refractivity contribution in [2.24, 2.45) is 0 Å². The van der Waals surface area contributed by atoms with Crippen LogP contribution in [0.5, 0.6) is 0 Å². The number of aliphatic hydroxyl groups is 2. The summed E-state index contributed by atoms with van der Waals surface area (Å²) in [5.41, 5.74) is 8.97. The van der Waals surface area contributed by atoms with Gasteiger partial charge in [-0.25, -0.2) is 0 Å². The SMILES string of the molecule is CCNCC.CCNCC.OC1(c2cccc(-c3cccc(C4(O)c5ccccc5-c5ccccc54)c3)c2)c2ccccc2-c2ccccc21. The monoisotopic (exact) mass is 660 g/mol. The van der Waals surface area contributed by atoms with Gasteiger partial charge in [0.05, 0.1) is 0 Å². The molecule has 0 saturated carbocycles. The van der Waals surface area contributed by atoms with Crippen molar-refractivity contribution in [1.82, 2.24) is 10.6 Å². The second kappa shape index (κ2) is 15.4. The highest BCUT2D eigenvalue weighted by atomic mass is 16.3. The second-order valence-corrected chi connectivity index (χ2v) is 12.7. The molecule has 2 aliphatic rings. The lowest BCUT2D eigenvalue weighted by molar-refractivity contribution is 0.130. The summed E-state index contributed by atoms with van der Waals surface area (Å²) in [7, 11) is 0. The maximum absolute atomic E-state index is 12.4. The molecule has 6 aromatic rings. The fraction of sp³-hybridized carbons (Fsp3) is 0.217. The molecular weight excluding hydrogens is 613 g/mol. The van der Waals surface area contributed by atoms with Gasteiger partial charge < -0.3 is 20.8 Å². The van der Waals surface area contributed by atoms with Gasteiger partial charge in [-0.1, -0.05) is 161 Å². The second-order valence-electron chi connectivity index (χ2n) is 12.7. The normalized spacial score (nSPS) is 13.8. The Kier molecular flexibility index (Phi) is 10.8. The van der Waals surface area contributed by atoms with Gasteiger partial charge in [-0.15, -0.1) is 0 Å². The number of benzene rings is 6. The lowest BCUT2D eigenvalue weighted by Gasteiger charge is -2.28. The highest BCUT2D eigenvalue weighted by molar-refractivity contribution is 5.84. The van der Waals surface area contributed by atoms with Gasteiger partial charge in [0, 0.05) is 22.3 Å². The first kappa shape index (κ1) is 35.0. The van der Waals surface area contributed by atoms with Crippen LogP contribution in [0, 0.1) is 0 Å². The molecule has 50 heavy (non-hydrogen) atoms. The first-order valence-electron chi connectivity index (χ1n) is 17.9. The van der Waals surface area contributed by atoms with Crippen LogP contribution in [0.2, 0.25) is 0 Å². The minimum absolute atomic E-state index is 0.822. The zero-order valence-electron chi connectivity index (χ0n) is 29.6. The number of rotatable bonds is 7. The van der Waals surface area contributed by atoms with Crippen LogP contribution >= 0.6 is 0 Å². The van der Waals surface area contributed by atoms with Crippen molar-refractivity contribution < 1.29 is 10.2 Å². The summed E-state index contributed by atoms with van der Waals surface area (Å²) in [5.74, 6) is 0. The summed E-state index contributed by atoms with van der Waals surface area (Å²) >= 11 is 0. The van der Waals surface area contributed by atoms with E-state index in [1.54, 1.807) is 0 Å². The van der Waals surface area contributed by atoms with E-state index in [-0.39, 0.29) is 0 Å². The molecule has 0 unspecified atom stereocenters. The van der Waals surface area contributed by atoms with Gasteiger partial charge in [0.2, 0.25) is 0 Å². The summed E-state index contributed by atoms with van der Waals surface area (Å²) in [5, 5.41) is 31.0. The van der Waals surface area contributed by atoms with Gasteiger partial charge >= 0.3 is 0 Å². The molecule has 0 atom stereocenters. The van der Waals surface area contributed by atoms with E-state index in [1.165, 1.54) is 0 Å². The van der Waals surface area contributed by atoms with Gasteiger partial charge in [0.15, 0.2) is 0 Å². The summed E-state index contributed by atoms with van der Waals surface area (Å²) < 4.78 is 0. The highest BCUT2D eigenvalue weighted by Crippen LogP contribution is 2.52. The summed E-state index contributed by atoms with van der Waals surface area (Å²) in [6.45, 7) is 12.8. The van der Waals surface area contributed by atoms with E-state index in [2.05, 4.69) is 86.9 Å². The smallest absolute Gasteiger partial charge is 0.141 e. The third-order valence-corrected chi connectivity index (χ3v) is 9.74. The Hall–Kier alpha value is -4.84. The molecule has 0 aliphatic heterocycles. The molecule has 0 spiro atoms. The molecule has 8 rings (SSSR count). The third-order valence-electron chi connectivity index (χ3n) is 9.74. The van der Waals surface area contributed by atoms with Crippen LogP contribution in [0.15, 0.2) is 146 Å². The van der Waals surface area contributed by atoms with Crippen LogP contribution in [0.4, 0.5) is 0 Å². The number of hydrogen-bond donors (Lipinski definition) is 4. The lowest BCUT2D eigenvalue weighted by Crippen LogP contribution is -2.26. The summed E-state index contributed by atoms with van der Waals surface area (Å²) in [6, 6.07) is 48.8. The first-order valence-corrected chi connectivity index (χ1v) is 17.9. The van der Waals surface area contributed by atoms with Crippen molar-refractivity contribution in [3.8, 4) is 33.4 Å².